The lowest BCUT2D eigenvalue weighted by atomic mass is 10.0. The summed E-state index contributed by atoms with van der Waals surface area (Å²) < 4.78 is 6.96. The number of fused-ring (bicyclic) bond motifs is 6. The molecular weight excluding hydrogens is 609 g/mol. The first-order chi connectivity index (χ1) is 24.7. The van der Waals surface area contributed by atoms with E-state index in [9.17, 15) is 0 Å². The fraction of sp³-hybridized carbons (Fsp3) is 0.0217. The van der Waals surface area contributed by atoms with Crippen LogP contribution >= 0.6 is 0 Å². The minimum atomic E-state index is 0.938. The van der Waals surface area contributed by atoms with Gasteiger partial charge in [0.2, 0.25) is 0 Å². The predicted molar refractivity (Wildman–Crippen MR) is 208 cm³/mol. The number of benzene rings is 7. The van der Waals surface area contributed by atoms with Gasteiger partial charge in [-0.05, 0) is 48.5 Å². The lowest BCUT2D eigenvalue weighted by Gasteiger charge is -2.12. The van der Waals surface area contributed by atoms with Crippen LogP contribution in [-0.2, 0) is 7.05 Å². The maximum Gasteiger partial charge on any atom is 0.140 e. The highest BCUT2D eigenvalue weighted by Gasteiger charge is 2.20. The van der Waals surface area contributed by atoms with Crippen LogP contribution in [0.4, 0.5) is 0 Å². The van der Waals surface area contributed by atoms with Crippen molar-refractivity contribution in [3.05, 3.63) is 176 Å². The van der Waals surface area contributed by atoms with Crippen molar-refractivity contribution in [3.63, 3.8) is 0 Å². The molecule has 7 aromatic carbocycles. The predicted octanol–water partition coefficient (Wildman–Crippen LogP) is 11.6. The number of hydrogen-bond donors (Lipinski definition) is 0. The van der Waals surface area contributed by atoms with E-state index in [4.69, 9.17) is 4.98 Å². The average Bonchev–Trinajstić information content (AvgIpc) is 3.83. The van der Waals surface area contributed by atoms with E-state index < -0.39 is 0 Å². The fourth-order valence-electron chi connectivity index (χ4n) is 7.81. The lowest BCUT2D eigenvalue weighted by Crippen LogP contribution is -1.97. The van der Waals surface area contributed by atoms with Crippen molar-refractivity contribution >= 4 is 43.6 Å². The van der Waals surface area contributed by atoms with E-state index in [0.29, 0.717) is 0 Å². The molecule has 0 fully saturated rings. The molecule has 0 saturated heterocycles. The van der Waals surface area contributed by atoms with Gasteiger partial charge in [0, 0.05) is 56.7 Å². The Morgan fingerprint density at radius 1 is 0.360 bits per heavy atom. The smallest absolute Gasteiger partial charge is 0.140 e. The van der Waals surface area contributed by atoms with Gasteiger partial charge in [0.25, 0.3) is 0 Å². The van der Waals surface area contributed by atoms with E-state index in [1.165, 1.54) is 43.6 Å². The van der Waals surface area contributed by atoms with Gasteiger partial charge in [-0.25, -0.2) is 4.98 Å². The van der Waals surface area contributed by atoms with Crippen molar-refractivity contribution in [1.29, 1.82) is 0 Å². The summed E-state index contributed by atoms with van der Waals surface area (Å²) in [6.07, 6.45) is 0. The molecule has 0 aliphatic carbocycles. The Bertz CT molecular complexity index is 2740. The monoisotopic (exact) mass is 640 g/mol. The number of hydrogen-bond acceptors (Lipinski definition) is 1. The molecule has 4 nitrogen and oxygen atoms in total. The van der Waals surface area contributed by atoms with E-state index in [0.717, 1.165) is 45.3 Å². The minimum Gasteiger partial charge on any atom is -0.327 e. The van der Waals surface area contributed by atoms with Crippen molar-refractivity contribution in [2.24, 2.45) is 7.05 Å². The third kappa shape index (κ3) is 4.28. The molecule has 4 heteroatoms. The molecule has 236 valence electrons. The van der Waals surface area contributed by atoms with Crippen molar-refractivity contribution in [1.82, 2.24) is 18.7 Å². The zero-order chi connectivity index (χ0) is 33.2. The van der Waals surface area contributed by atoms with Crippen molar-refractivity contribution < 1.29 is 0 Å². The molecular formula is C46H32N4. The van der Waals surface area contributed by atoms with Crippen molar-refractivity contribution in [2.75, 3.05) is 0 Å². The summed E-state index contributed by atoms with van der Waals surface area (Å²) in [7, 11) is 2.13. The average molecular weight is 641 g/mol. The van der Waals surface area contributed by atoms with E-state index in [2.05, 4.69) is 197 Å². The second-order valence-corrected chi connectivity index (χ2v) is 12.9. The van der Waals surface area contributed by atoms with Gasteiger partial charge in [-0.2, -0.15) is 0 Å². The summed E-state index contributed by atoms with van der Waals surface area (Å²) in [6, 6.07) is 62.9. The van der Waals surface area contributed by atoms with Gasteiger partial charge in [-0.3, -0.25) is 0 Å². The Morgan fingerprint density at radius 3 is 1.18 bits per heavy atom. The van der Waals surface area contributed by atoms with Crippen LogP contribution < -0.4 is 0 Å². The van der Waals surface area contributed by atoms with Crippen LogP contribution in [0.5, 0.6) is 0 Å². The second kappa shape index (κ2) is 11.2. The quantitative estimate of drug-likeness (QED) is 0.184. The van der Waals surface area contributed by atoms with E-state index in [1.807, 2.05) is 0 Å². The first-order valence-corrected chi connectivity index (χ1v) is 17.0. The maximum absolute atomic E-state index is 5.32. The molecule has 0 radical (unpaired) electrons. The third-order valence-corrected chi connectivity index (χ3v) is 10.1. The van der Waals surface area contributed by atoms with Crippen LogP contribution in [0, 0.1) is 0 Å². The summed E-state index contributed by atoms with van der Waals surface area (Å²) in [5.41, 5.74) is 12.4. The van der Waals surface area contributed by atoms with Gasteiger partial charge < -0.3 is 13.7 Å². The molecule has 0 saturated carbocycles. The van der Waals surface area contributed by atoms with Gasteiger partial charge in [-0.1, -0.05) is 127 Å². The summed E-state index contributed by atoms with van der Waals surface area (Å²) in [4.78, 5) is 5.32. The van der Waals surface area contributed by atoms with Gasteiger partial charge in [0.05, 0.1) is 33.5 Å². The van der Waals surface area contributed by atoms with Crippen LogP contribution in [0.2, 0.25) is 0 Å². The molecule has 0 N–H and O–H groups in total. The number of imidazole rings is 1. The van der Waals surface area contributed by atoms with Gasteiger partial charge in [-0.15, -0.1) is 0 Å². The zero-order valence-electron chi connectivity index (χ0n) is 27.5. The Hall–Kier alpha value is -6.65. The van der Waals surface area contributed by atoms with E-state index in [1.54, 1.807) is 0 Å². The van der Waals surface area contributed by atoms with Crippen LogP contribution in [0.15, 0.2) is 176 Å². The number of para-hydroxylation sites is 4. The number of nitrogens with zero attached hydrogens (tertiary/aromatic N) is 4. The van der Waals surface area contributed by atoms with E-state index >= 15 is 0 Å². The second-order valence-electron chi connectivity index (χ2n) is 12.9. The summed E-state index contributed by atoms with van der Waals surface area (Å²) in [6.45, 7) is 0. The summed E-state index contributed by atoms with van der Waals surface area (Å²) in [5.74, 6) is 0.938. The Kier molecular flexibility index (Phi) is 6.36. The largest absolute Gasteiger partial charge is 0.327 e. The number of rotatable bonds is 5. The molecule has 50 heavy (non-hydrogen) atoms. The highest BCUT2D eigenvalue weighted by molar-refractivity contribution is 6.10. The van der Waals surface area contributed by atoms with Crippen molar-refractivity contribution in [2.45, 2.75) is 0 Å². The van der Waals surface area contributed by atoms with Crippen LogP contribution in [-0.4, -0.2) is 18.7 Å². The first kappa shape index (κ1) is 28.4. The zero-order valence-corrected chi connectivity index (χ0v) is 27.5. The fourth-order valence-corrected chi connectivity index (χ4v) is 7.81. The topological polar surface area (TPSA) is 27.7 Å². The molecule has 0 aliphatic heterocycles. The van der Waals surface area contributed by atoms with Crippen molar-refractivity contribution in [3.8, 4) is 45.3 Å². The summed E-state index contributed by atoms with van der Waals surface area (Å²) >= 11 is 0. The Labute approximate surface area is 289 Å². The summed E-state index contributed by atoms with van der Waals surface area (Å²) in [5, 5.41) is 5.04. The molecule has 3 heterocycles. The first-order valence-electron chi connectivity index (χ1n) is 17.0. The molecule has 3 aromatic heterocycles. The van der Waals surface area contributed by atoms with Crippen LogP contribution in [0.25, 0.3) is 88.9 Å². The molecule has 10 aromatic rings. The molecule has 0 amide bonds. The van der Waals surface area contributed by atoms with Crippen LogP contribution in [0.3, 0.4) is 0 Å². The maximum atomic E-state index is 5.32. The highest BCUT2D eigenvalue weighted by Crippen LogP contribution is 2.38. The lowest BCUT2D eigenvalue weighted by molar-refractivity contribution is 0.933. The highest BCUT2D eigenvalue weighted by atomic mass is 15.1. The SMILES string of the molecule is Cn1c(-c2ccccc2)nc(-c2ccc(-n3c4ccccc4c4ccccc43)cc2)c1-c1ccc(-n2c3ccccc3c3ccccc32)cc1. The number of aromatic nitrogens is 4. The van der Waals surface area contributed by atoms with E-state index in [-0.39, 0.29) is 0 Å². The molecule has 10 rings (SSSR count). The normalized spacial score (nSPS) is 11.7. The van der Waals surface area contributed by atoms with Gasteiger partial charge in [0.15, 0.2) is 0 Å². The molecule has 0 atom stereocenters. The molecule has 0 aliphatic rings. The van der Waals surface area contributed by atoms with Gasteiger partial charge in [0.1, 0.15) is 5.82 Å². The Balaban J connectivity index is 1.11. The minimum absolute atomic E-state index is 0.938. The third-order valence-electron chi connectivity index (χ3n) is 10.1. The van der Waals surface area contributed by atoms with Crippen LogP contribution in [0.1, 0.15) is 0 Å². The molecule has 0 unspecified atom stereocenters. The Morgan fingerprint density at radius 2 is 0.740 bits per heavy atom. The molecule has 0 spiro atoms. The standard InChI is InChI=1S/C46H32N4/c1-48-45(32-25-29-35(30-26-32)50-42-21-11-7-17-38(42)39-18-8-12-22-43(39)50)44(47-46(48)33-13-3-2-4-14-33)31-23-27-34(28-24-31)49-40-19-9-5-15-36(40)37-16-6-10-20-41(37)49/h2-30H,1H3. The molecule has 0 bridgehead atoms. The van der Waals surface area contributed by atoms with Gasteiger partial charge >= 0.3 is 0 Å².